The first kappa shape index (κ1) is 14.8. The lowest BCUT2D eigenvalue weighted by Crippen LogP contribution is -2.13. The summed E-state index contributed by atoms with van der Waals surface area (Å²) in [5.74, 6) is 7.11. The van der Waals surface area contributed by atoms with Crippen LogP contribution in [0.25, 0.3) is 0 Å². The summed E-state index contributed by atoms with van der Waals surface area (Å²) < 4.78 is 5.76. The summed E-state index contributed by atoms with van der Waals surface area (Å²) in [5, 5.41) is 0.886. The Bertz CT molecular complexity index is 619. The van der Waals surface area contributed by atoms with Crippen LogP contribution in [0, 0.1) is 0 Å². The fourth-order valence-electron chi connectivity index (χ4n) is 1.75. The van der Waals surface area contributed by atoms with Gasteiger partial charge in [-0.05, 0) is 18.1 Å². The maximum Gasteiger partial charge on any atom is 0.227 e. The summed E-state index contributed by atoms with van der Waals surface area (Å²) in [4.78, 5) is 8.23. The molecular formula is C13H14Cl2N4O. The summed E-state index contributed by atoms with van der Waals surface area (Å²) in [6.45, 7) is 4.00. The second-order valence-corrected chi connectivity index (χ2v) is 5.23. The second-order valence-electron chi connectivity index (χ2n) is 4.42. The average Bonchev–Trinajstić information content (AvgIpc) is 2.42. The van der Waals surface area contributed by atoms with Gasteiger partial charge in [0, 0.05) is 6.07 Å². The van der Waals surface area contributed by atoms with Crippen LogP contribution < -0.4 is 16.0 Å². The van der Waals surface area contributed by atoms with Gasteiger partial charge in [-0.25, -0.2) is 15.8 Å². The normalized spacial score (nSPS) is 10.7. The Morgan fingerprint density at radius 1 is 1.20 bits per heavy atom. The van der Waals surface area contributed by atoms with Crippen molar-refractivity contribution < 1.29 is 4.74 Å². The first-order valence-electron chi connectivity index (χ1n) is 5.97. The Labute approximate surface area is 127 Å². The average molecular weight is 313 g/mol. The number of halogens is 2. The van der Waals surface area contributed by atoms with E-state index in [1.54, 1.807) is 18.2 Å². The minimum absolute atomic E-state index is 0.139. The van der Waals surface area contributed by atoms with Crippen LogP contribution in [0.5, 0.6) is 11.6 Å². The third-order valence-corrected chi connectivity index (χ3v) is 3.41. The molecule has 106 valence electrons. The summed E-state index contributed by atoms with van der Waals surface area (Å²) in [6, 6.07) is 5.01. The molecule has 2 aromatic rings. The van der Waals surface area contributed by atoms with Crippen molar-refractivity contribution in [2.75, 3.05) is 5.43 Å². The number of benzene rings is 1. The van der Waals surface area contributed by atoms with E-state index >= 15 is 0 Å². The number of nitrogen functional groups attached to an aromatic ring is 1. The number of anilines is 1. The molecule has 0 radical (unpaired) electrons. The zero-order valence-corrected chi connectivity index (χ0v) is 12.5. The van der Waals surface area contributed by atoms with Gasteiger partial charge in [0.25, 0.3) is 0 Å². The Morgan fingerprint density at radius 2 is 1.95 bits per heavy atom. The number of nitrogens with zero attached hydrogens (tertiary/aromatic N) is 2. The smallest absolute Gasteiger partial charge is 0.227 e. The van der Waals surface area contributed by atoms with E-state index in [4.69, 9.17) is 33.8 Å². The molecule has 0 aliphatic rings. The van der Waals surface area contributed by atoms with Crippen LogP contribution in [-0.2, 0) is 0 Å². The lowest BCUT2D eigenvalue weighted by atomic mass is 10.1. The summed E-state index contributed by atoms with van der Waals surface area (Å²) >= 11 is 11.8. The molecule has 0 saturated carbocycles. The van der Waals surface area contributed by atoms with E-state index in [0.717, 1.165) is 5.56 Å². The third-order valence-electron chi connectivity index (χ3n) is 2.67. The van der Waals surface area contributed by atoms with E-state index in [1.807, 2.05) is 13.8 Å². The number of nitrogens with one attached hydrogen (secondary N) is 1. The number of hydrogen-bond donors (Lipinski definition) is 2. The van der Waals surface area contributed by atoms with E-state index in [9.17, 15) is 0 Å². The van der Waals surface area contributed by atoms with Crippen molar-refractivity contribution in [3.63, 3.8) is 0 Å². The monoisotopic (exact) mass is 312 g/mol. The highest BCUT2D eigenvalue weighted by molar-refractivity contribution is 6.42. The van der Waals surface area contributed by atoms with Crippen LogP contribution in [0.3, 0.4) is 0 Å². The number of nitrogens with two attached hydrogens (primary N) is 1. The maximum atomic E-state index is 5.96. The van der Waals surface area contributed by atoms with Crippen molar-refractivity contribution in [2.24, 2.45) is 5.84 Å². The minimum atomic E-state index is 0.139. The van der Waals surface area contributed by atoms with Crippen LogP contribution in [0.1, 0.15) is 25.3 Å². The van der Waals surface area contributed by atoms with E-state index in [1.165, 1.54) is 6.33 Å². The van der Waals surface area contributed by atoms with E-state index in [-0.39, 0.29) is 5.92 Å². The molecule has 0 bridgehead atoms. The zero-order valence-electron chi connectivity index (χ0n) is 11.0. The lowest BCUT2D eigenvalue weighted by Gasteiger charge is -2.15. The SMILES string of the molecule is CC(C)c1c(NN)ncnc1Oc1ccc(Cl)c(Cl)c1. The molecule has 20 heavy (non-hydrogen) atoms. The van der Waals surface area contributed by atoms with Gasteiger partial charge in [0.05, 0.1) is 15.6 Å². The molecule has 0 saturated heterocycles. The molecule has 1 heterocycles. The van der Waals surface area contributed by atoms with Gasteiger partial charge in [-0.1, -0.05) is 37.0 Å². The number of aromatic nitrogens is 2. The van der Waals surface area contributed by atoms with Gasteiger partial charge in [0.15, 0.2) is 5.82 Å². The van der Waals surface area contributed by atoms with Crippen LogP contribution in [0.15, 0.2) is 24.5 Å². The molecule has 7 heteroatoms. The van der Waals surface area contributed by atoms with Gasteiger partial charge in [-0.3, -0.25) is 0 Å². The fourth-order valence-corrected chi connectivity index (χ4v) is 2.04. The van der Waals surface area contributed by atoms with Crippen molar-refractivity contribution in [3.8, 4) is 11.6 Å². The molecule has 1 aromatic heterocycles. The number of hydrogen-bond acceptors (Lipinski definition) is 5. The van der Waals surface area contributed by atoms with Gasteiger partial charge < -0.3 is 10.2 Å². The van der Waals surface area contributed by atoms with Gasteiger partial charge in [0.1, 0.15) is 12.1 Å². The van der Waals surface area contributed by atoms with Gasteiger partial charge in [-0.15, -0.1) is 0 Å². The number of ether oxygens (including phenoxy) is 1. The van der Waals surface area contributed by atoms with Crippen LogP contribution >= 0.6 is 23.2 Å². The molecule has 2 rings (SSSR count). The molecule has 0 atom stereocenters. The Morgan fingerprint density at radius 3 is 2.55 bits per heavy atom. The third kappa shape index (κ3) is 3.12. The van der Waals surface area contributed by atoms with E-state index < -0.39 is 0 Å². The highest BCUT2D eigenvalue weighted by Crippen LogP contribution is 2.34. The number of rotatable bonds is 4. The van der Waals surface area contributed by atoms with E-state index in [2.05, 4.69) is 15.4 Å². The Kier molecular flexibility index (Phi) is 4.65. The molecule has 0 aliphatic carbocycles. The second kappa shape index (κ2) is 6.26. The van der Waals surface area contributed by atoms with E-state index in [0.29, 0.717) is 27.5 Å². The Hall–Kier alpha value is -1.56. The molecule has 0 unspecified atom stereocenters. The highest BCUT2D eigenvalue weighted by Gasteiger charge is 2.16. The molecule has 1 aromatic carbocycles. The molecule has 5 nitrogen and oxygen atoms in total. The zero-order chi connectivity index (χ0) is 14.7. The maximum absolute atomic E-state index is 5.96. The fraction of sp³-hybridized carbons (Fsp3) is 0.231. The first-order valence-corrected chi connectivity index (χ1v) is 6.73. The molecule has 0 amide bonds. The number of hydrazine groups is 1. The van der Waals surface area contributed by atoms with Crippen LogP contribution in [0.4, 0.5) is 5.82 Å². The molecule has 3 N–H and O–H groups in total. The summed E-state index contributed by atoms with van der Waals surface area (Å²) in [6.07, 6.45) is 1.38. The highest BCUT2D eigenvalue weighted by atomic mass is 35.5. The first-order chi connectivity index (χ1) is 9.52. The van der Waals surface area contributed by atoms with Crippen molar-refractivity contribution >= 4 is 29.0 Å². The lowest BCUT2D eigenvalue weighted by molar-refractivity contribution is 0.452. The van der Waals surface area contributed by atoms with Crippen molar-refractivity contribution in [1.82, 2.24) is 9.97 Å². The summed E-state index contributed by atoms with van der Waals surface area (Å²) in [5.41, 5.74) is 3.34. The molecule has 0 fully saturated rings. The largest absolute Gasteiger partial charge is 0.438 e. The van der Waals surface area contributed by atoms with Crippen LogP contribution in [-0.4, -0.2) is 9.97 Å². The quantitative estimate of drug-likeness (QED) is 0.659. The molecular weight excluding hydrogens is 299 g/mol. The standard InChI is InChI=1S/C13H14Cl2N4O/c1-7(2)11-12(19-16)17-6-18-13(11)20-8-3-4-9(14)10(15)5-8/h3-7H,16H2,1-2H3,(H,17,18,19). The summed E-state index contributed by atoms with van der Waals surface area (Å²) in [7, 11) is 0. The minimum Gasteiger partial charge on any atom is -0.438 e. The van der Waals surface area contributed by atoms with Gasteiger partial charge >= 0.3 is 0 Å². The van der Waals surface area contributed by atoms with Gasteiger partial charge in [-0.2, -0.15) is 0 Å². The Balaban J connectivity index is 2.40. The van der Waals surface area contributed by atoms with Crippen molar-refractivity contribution in [1.29, 1.82) is 0 Å². The van der Waals surface area contributed by atoms with Crippen LogP contribution in [0.2, 0.25) is 10.0 Å². The predicted octanol–water partition coefficient (Wildman–Crippen LogP) is 3.98. The predicted molar refractivity (Wildman–Crippen MR) is 80.5 cm³/mol. The topological polar surface area (TPSA) is 73.1 Å². The van der Waals surface area contributed by atoms with Gasteiger partial charge in [0.2, 0.25) is 5.88 Å². The molecule has 0 spiro atoms. The van der Waals surface area contributed by atoms with Crippen molar-refractivity contribution in [2.45, 2.75) is 19.8 Å². The van der Waals surface area contributed by atoms with Crippen molar-refractivity contribution in [3.05, 3.63) is 40.1 Å². The molecule has 0 aliphatic heterocycles.